The van der Waals surface area contributed by atoms with Crippen molar-refractivity contribution in [3.05, 3.63) is 23.7 Å². The van der Waals surface area contributed by atoms with Gasteiger partial charge in [-0.1, -0.05) is 0 Å². The van der Waals surface area contributed by atoms with Gasteiger partial charge in [-0.2, -0.15) is 0 Å². The van der Waals surface area contributed by atoms with Gasteiger partial charge in [0.25, 0.3) is 5.91 Å². The minimum atomic E-state index is -1.02. The lowest BCUT2D eigenvalue weighted by Gasteiger charge is -2.43. The molecule has 2 saturated heterocycles. The van der Waals surface area contributed by atoms with Crippen LogP contribution in [0.5, 0.6) is 0 Å². The van der Waals surface area contributed by atoms with Gasteiger partial charge in [-0.05, 0) is 26.8 Å². The van der Waals surface area contributed by atoms with Gasteiger partial charge in [-0.25, -0.2) is 4.79 Å². The van der Waals surface area contributed by atoms with E-state index in [0.717, 1.165) is 0 Å². The smallest absolute Gasteiger partial charge is 0.327 e. The quantitative estimate of drug-likeness (QED) is 0.799. The maximum absolute atomic E-state index is 12.2. The van der Waals surface area contributed by atoms with Crippen molar-refractivity contribution in [3.8, 4) is 0 Å². The molecule has 0 aromatic carbocycles. The topological polar surface area (TPSA) is 99.9 Å². The van der Waals surface area contributed by atoms with Gasteiger partial charge >= 0.3 is 5.97 Å². The average molecular weight is 324 g/mol. The summed E-state index contributed by atoms with van der Waals surface area (Å²) < 4.78 is 4.47. The van der Waals surface area contributed by atoms with Crippen molar-refractivity contribution in [2.24, 2.45) is 0 Å². The van der Waals surface area contributed by atoms with Crippen molar-refractivity contribution in [2.45, 2.75) is 43.0 Å². The lowest BCUT2D eigenvalue weighted by molar-refractivity contribution is -0.159. The number of fused-ring (bicyclic) bond motifs is 1. The Bertz CT molecular complexity index is 668. The molecular formula is C14H16N2O5S. The molecule has 1 aromatic rings. The van der Waals surface area contributed by atoms with E-state index >= 15 is 0 Å². The third-order valence-electron chi connectivity index (χ3n) is 4.06. The molecule has 0 spiro atoms. The summed E-state index contributed by atoms with van der Waals surface area (Å²) in [5.41, 5.74) is 0.378. The van der Waals surface area contributed by atoms with Crippen molar-refractivity contribution in [2.75, 3.05) is 0 Å². The Morgan fingerprint density at radius 1 is 1.45 bits per heavy atom. The van der Waals surface area contributed by atoms with Crippen LogP contribution in [-0.2, 0) is 9.59 Å². The Hall–Kier alpha value is -1.96. The normalized spacial score (nSPS) is 29.0. The number of β-lactam (4-membered cyclic amide) rings is 1. The number of aryl methyl sites for hydroxylation is 1. The van der Waals surface area contributed by atoms with E-state index in [-0.39, 0.29) is 17.2 Å². The molecule has 2 N–H and O–H groups in total. The molecule has 2 aliphatic heterocycles. The van der Waals surface area contributed by atoms with Gasteiger partial charge in [0.15, 0.2) is 0 Å². The standard InChI is InChI=1S/C14H16N2O5S/c1-6-7(4-5-21-6)10(17)15-8-11(18)16-9(13(19)20)14(2,3)22-12(8)16/h4-5,8-9,12H,1-3H3,(H,15,17)(H,19,20)/t8-,9-,12-/m1/s1. The predicted molar refractivity (Wildman–Crippen MR) is 78.4 cm³/mol. The van der Waals surface area contributed by atoms with Crippen LogP contribution < -0.4 is 5.32 Å². The molecule has 3 atom stereocenters. The first-order chi connectivity index (χ1) is 10.2. The van der Waals surface area contributed by atoms with Crippen molar-refractivity contribution in [1.29, 1.82) is 0 Å². The summed E-state index contributed by atoms with van der Waals surface area (Å²) in [6.45, 7) is 5.25. The van der Waals surface area contributed by atoms with Gasteiger partial charge < -0.3 is 19.7 Å². The number of carboxylic acid groups (broad SMARTS) is 1. The van der Waals surface area contributed by atoms with Gasteiger partial charge in [0.05, 0.1) is 11.8 Å². The third kappa shape index (κ3) is 2.01. The van der Waals surface area contributed by atoms with E-state index in [0.29, 0.717) is 11.3 Å². The summed E-state index contributed by atoms with van der Waals surface area (Å²) in [5.74, 6) is -1.29. The fraction of sp³-hybridized carbons (Fsp3) is 0.500. The number of rotatable bonds is 3. The number of aliphatic carboxylic acids is 1. The second-order valence-electron chi connectivity index (χ2n) is 5.94. The molecule has 0 radical (unpaired) electrons. The molecule has 22 heavy (non-hydrogen) atoms. The molecule has 3 heterocycles. The van der Waals surface area contributed by atoms with E-state index < -0.39 is 22.8 Å². The van der Waals surface area contributed by atoms with Crippen LogP contribution in [0.1, 0.15) is 30.0 Å². The summed E-state index contributed by atoms with van der Waals surface area (Å²) in [6, 6.07) is -0.0357. The fourth-order valence-corrected chi connectivity index (χ4v) is 4.61. The maximum Gasteiger partial charge on any atom is 0.327 e. The number of thioether (sulfide) groups is 1. The predicted octanol–water partition coefficient (Wildman–Crippen LogP) is 0.833. The van der Waals surface area contributed by atoms with Gasteiger partial charge in [-0.3, -0.25) is 9.59 Å². The zero-order chi connectivity index (χ0) is 16.2. The molecule has 2 fully saturated rings. The van der Waals surface area contributed by atoms with Gasteiger partial charge in [-0.15, -0.1) is 11.8 Å². The minimum absolute atomic E-state index is 0.347. The van der Waals surface area contributed by atoms with Crippen LogP contribution in [0.2, 0.25) is 0 Å². The first kappa shape index (κ1) is 15.0. The highest BCUT2D eigenvalue weighted by Crippen LogP contribution is 2.50. The van der Waals surface area contributed by atoms with Crippen LogP contribution in [-0.4, -0.2) is 50.0 Å². The highest BCUT2D eigenvalue weighted by molar-refractivity contribution is 8.01. The molecule has 7 nitrogen and oxygen atoms in total. The summed E-state index contributed by atoms with van der Waals surface area (Å²) in [4.78, 5) is 37.2. The molecule has 3 rings (SSSR count). The van der Waals surface area contributed by atoms with E-state index in [9.17, 15) is 19.5 Å². The van der Waals surface area contributed by atoms with E-state index in [1.165, 1.54) is 29.0 Å². The number of nitrogens with zero attached hydrogens (tertiary/aromatic N) is 1. The molecule has 1 aromatic heterocycles. The van der Waals surface area contributed by atoms with Gasteiger partial charge in [0, 0.05) is 4.75 Å². The number of hydrogen-bond donors (Lipinski definition) is 2. The number of carbonyl (C=O) groups excluding carboxylic acids is 2. The largest absolute Gasteiger partial charge is 0.480 e. The number of hydrogen-bond acceptors (Lipinski definition) is 5. The second-order valence-corrected chi connectivity index (χ2v) is 7.71. The summed E-state index contributed by atoms with van der Waals surface area (Å²) in [5, 5.41) is 11.7. The van der Waals surface area contributed by atoms with E-state index in [1.54, 1.807) is 20.8 Å². The Labute approximate surface area is 131 Å². The zero-order valence-corrected chi connectivity index (χ0v) is 13.1. The van der Waals surface area contributed by atoms with Crippen molar-refractivity contribution < 1.29 is 23.9 Å². The molecule has 0 unspecified atom stereocenters. The third-order valence-corrected chi connectivity index (χ3v) is 5.64. The number of amides is 2. The van der Waals surface area contributed by atoms with Crippen LogP contribution in [0.3, 0.4) is 0 Å². The van der Waals surface area contributed by atoms with Crippen molar-refractivity contribution >= 4 is 29.5 Å². The molecular weight excluding hydrogens is 308 g/mol. The molecule has 0 bridgehead atoms. The Morgan fingerprint density at radius 2 is 2.14 bits per heavy atom. The van der Waals surface area contributed by atoms with Crippen molar-refractivity contribution in [3.63, 3.8) is 0 Å². The van der Waals surface area contributed by atoms with Crippen LogP contribution >= 0.6 is 11.8 Å². The zero-order valence-electron chi connectivity index (χ0n) is 12.3. The van der Waals surface area contributed by atoms with Crippen LogP contribution in [0.15, 0.2) is 16.7 Å². The maximum atomic E-state index is 12.2. The Morgan fingerprint density at radius 3 is 2.68 bits per heavy atom. The van der Waals surface area contributed by atoms with Gasteiger partial charge in [0.2, 0.25) is 5.91 Å². The SMILES string of the molecule is Cc1occc1C(=O)N[C@@H]1C(=O)N2[C@@H]1SC(C)(C)[C@H]2C(=O)O. The molecule has 0 saturated carbocycles. The van der Waals surface area contributed by atoms with E-state index in [2.05, 4.69) is 5.32 Å². The van der Waals surface area contributed by atoms with Gasteiger partial charge in [0.1, 0.15) is 23.2 Å². The molecule has 2 amide bonds. The molecule has 8 heteroatoms. The average Bonchev–Trinajstić information content (AvgIpc) is 2.95. The highest BCUT2D eigenvalue weighted by Gasteiger charge is 2.64. The lowest BCUT2D eigenvalue weighted by Crippen LogP contribution is -2.70. The molecule has 118 valence electrons. The van der Waals surface area contributed by atoms with E-state index in [1.807, 2.05) is 0 Å². The molecule has 2 aliphatic rings. The summed E-state index contributed by atoms with van der Waals surface area (Å²) >= 11 is 1.40. The monoisotopic (exact) mass is 324 g/mol. The van der Waals surface area contributed by atoms with Crippen molar-refractivity contribution in [1.82, 2.24) is 10.2 Å². The lowest BCUT2D eigenvalue weighted by atomic mass is 9.96. The van der Waals surface area contributed by atoms with Crippen LogP contribution in [0.4, 0.5) is 0 Å². The molecule has 0 aliphatic carbocycles. The number of furan rings is 1. The number of nitrogens with one attached hydrogen (secondary N) is 1. The van der Waals surface area contributed by atoms with Crippen LogP contribution in [0, 0.1) is 6.92 Å². The summed E-state index contributed by atoms with van der Waals surface area (Å²) in [6.07, 6.45) is 1.41. The highest BCUT2D eigenvalue weighted by atomic mass is 32.2. The number of carbonyl (C=O) groups is 3. The second kappa shape index (κ2) is 4.77. The first-order valence-corrected chi connectivity index (χ1v) is 7.70. The first-order valence-electron chi connectivity index (χ1n) is 6.82. The minimum Gasteiger partial charge on any atom is -0.480 e. The van der Waals surface area contributed by atoms with E-state index in [4.69, 9.17) is 4.42 Å². The Kier molecular flexibility index (Phi) is 3.24. The summed E-state index contributed by atoms with van der Waals surface area (Å²) in [7, 11) is 0. The Balaban J connectivity index is 1.77. The van der Waals surface area contributed by atoms with Crippen LogP contribution in [0.25, 0.3) is 0 Å². The fourth-order valence-electron chi connectivity index (χ4n) is 2.98. The number of carboxylic acids is 1.